The molecule has 2 aromatic rings. The lowest BCUT2D eigenvalue weighted by Gasteiger charge is -2.28. The van der Waals surface area contributed by atoms with Gasteiger partial charge >= 0.3 is 0 Å². The fourth-order valence-corrected chi connectivity index (χ4v) is 4.27. The number of pyridine rings is 1. The van der Waals surface area contributed by atoms with Gasteiger partial charge in [-0.05, 0) is 61.5 Å². The highest BCUT2D eigenvalue weighted by atomic mass is 32.1. The number of aromatic amines is 1. The first-order valence-electron chi connectivity index (χ1n) is 10.6. The Hall–Kier alpha value is -2.16. The van der Waals surface area contributed by atoms with Crippen LogP contribution in [-0.2, 0) is 16.0 Å². The summed E-state index contributed by atoms with van der Waals surface area (Å²) in [7, 11) is 1.61. The molecule has 2 fully saturated rings. The van der Waals surface area contributed by atoms with E-state index in [1.54, 1.807) is 7.11 Å². The molecule has 0 amide bonds. The van der Waals surface area contributed by atoms with E-state index >= 15 is 0 Å². The summed E-state index contributed by atoms with van der Waals surface area (Å²) in [6.07, 6.45) is 4.56. The van der Waals surface area contributed by atoms with E-state index in [-0.39, 0.29) is 17.8 Å². The third-order valence-electron chi connectivity index (χ3n) is 5.73. The van der Waals surface area contributed by atoms with Gasteiger partial charge in [0.05, 0.1) is 31.4 Å². The first kappa shape index (κ1) is 21.1. The highest BCUT2D eigenvalue weighted by Crippen LogP contribution is 2.20. The Bertz CT molecular complexity index is 936. The van der Waals surface area contributed by atoms with Gasteiger partial charge in [0, 0.05) is 37.9 Å². The van der Waals surface area contributed by atoms with E-state index in [1.807, 2.05) is 29.2 Å². The van der Waals surface area contributed by atoms with Crippen LogP contribution < -0.4 is 15.6 Å². The molecule has 2 aliphatic heterocycles. The van der Waals surface area contributed by atoms with E-state index < -0.39 is 0 Å². The Kier molecular flexibility index (Phi) is 6.86. The summed E-state index contributed by atoms with van der Waals surface area (Å²) >= 11 is 5.69. The van der Waals surface area contributed by atoms with E-state index in [2.05, 4.69) is 10.3 Å². The molecule has 30 heavy (non-hydrogen) atoms. The number of nitrogens with one attached hydrogen (secondary N) is 2. The van der Waals surface area contributed by atoms with Crippen molar-refractivity contribution in [1.82, 2.24) is 15.2 Å². The highest BCUT2D eigenvalue weighted by molar-refractivity contribution is 7.80. The van der Waals surface area contributed by atoms with Crippen LogP contribution in [0.1, 0.15) is 31.2 Å². The Morgan fingerprint density at radius 2 is 2.00 bits per heavy atom. The zero-order valence-electron chi connectivity index (χ0n) is 17.3. The SMILES string of the molecule is COc1ccc2cc(CN(CC3CCCO3)C(=S)NCC3CCCO3)c(=O)[nH]c2c1. The van der Waals surface area contributed by atoms with Gasteiger partial charge in [-0.1, -0.05) is 0 Å². The number of hydrogen-bond acceptors (Lipinski definition) is 5. The lowest BCUT2D eigenvalue weighted by Crippen LogP contribution is -2.45. The summed E-state index contributed by atoms with van der Waals surface area (Å²) in [6.45, 7) is 3.38. The van der Waals surface area contributed by atoms with Gasteiger partial charge in [-0.2, -0.15) is 0 Å². The van der Waals surface area contributed by atoms with Crippen LogP contribution >= 0.6 is 12.2 Å². The lowest BCUT2D eigenvalue weighted by atomic mass is 10.1. The highest BCUT2D eigenvalue weighted by Gasteiger charge is 2.23. The van der Waals surface area contributed by atoms with E-state index in [0.717, 1.165) is 49.8 Å². The molecule has 3 heterocycles. The summed E-state index contributed by atoms with van der Waals surface area (Å²) in [5.74, 6) is 0.713. The third-order valence-corrected chi connectivity index (χ3v) is 6.13. The van der Waals surface area contributed by atoms with E-state index in [9.17, 15) is 4.79 Å². The predicted molar refractivity (Wildman–Crippen MR) is 120 cm³/mol. The van der Waals surface area contributed by atoms with Crippen LogP contribution in [0.5, 0.6) is 5.75 Å². The Balaban J connectivity index is 1.51. The maximum atomic E-state index is 12.8. The minimum absolute atomic E-state index is 0.116. The normalized spacial score (nSPS) is 21.1. The van der Waals surface area contributed by atoms with Crippen LogP contribution in [0.3, 0.4) is 0 Å². The molecule has 1 aromatic carbocycles. The molecular formula is C22H29N3O4S. The van der Waals surface area contributed by atoms with E-state index in [1.165, 1.54) is 0 Å². The smallest absolute Gasteiger partial charge is 0.253 e. The van der Waals surface area contributed by atoms with E-state index in [0.29, 0.717) is 36.1 Å². The first-order chi connectivity index (χ1) is 14.6. The molecule has 0 spiro atoms. The van der Waals surface area contributed by atoms with Crippen molar-refractivity contribution >= 4 is 28.2 Å². The average molecular weight is 432 g/mol. The number of aromatic nitrogens is 1. The van der Waals surface area contributed by atoms with Crippen molar-refractivity contribution in [2.45, 2.75) is 44.4 Å². The number of benzene rings is 1. The van der Waals surface area contributed by atoms with Gasteiger partial charge in [-0.15, -0.1) is 0 Å². The van der Waals surface area contributed by atoms with Crippen LogP contribution in [0.2, 0.25) is 0 Å². The summed E-state index contributed by atoms with van der Waals surface area (Å²) in [5, 5.41) is 4.93. The Labute approximate surface area is 181 Å². The maximum Gasteiger partial charge on any atom is 0.253 e. The van der Waals surface area contributed by atoms with Crippen LogP contribution in [0, 0.1) is 0 Å². The minimum Gasteiger partial charge on any atom is -0.497 e. The van der Waals surface area contributed by atoms with Crippen molar-refractivity contribution in [2.75, 3.05) is 33.4 Å². The van der Waals surface area contributed by atoms with Crippen molar-refractivity contribution < 1.29 is 14.2 Å². The molecule has 4 rings (SSSR count). The molecule has 2 aliphatic rings. The second-order valence-electron chi connectivity index (χ2n) is 7.91. The van der Waals surface area contributed by atoms with Crippen molar-refractivity contribution in [3.8, 4) is 5.75 Å². The Morgan fingerprint density at radius 1 is 1.23 bits per heavy atom. The number of H-pyrrole nitrogens is 1. The molecule has 8 heteroatoms. The summed E-state index contributed by atoms with van der Waals surface area (Å²) in [4.78, 5) is 17.8. The molecule has 0 radical (unpaired) electrons. The zero-order valence-corrected chi connectivity index (χ0v) is 18.1. The molecule has 2 unspecified atom stereocenters. The van der Waals surface area contributed by atoms with Crippen LogP contribution in [0.25, 0.3) is 10.9 Å². The summed E-state index contributed by atoms with van der Waals surface area (Å²) in [5.41, 5.74) is 1.31. The summed E-state index contributed by atoms with van der Waals surface area (Å²) < 4.78 is 16.8. The fraction of sp³-hybridized carbons (Fsp3) is 0.545. The lowest BCUT2D eigenvalue weighted by molar-refractivity contribution is 0.0885. The topological polar surface area (TPSA) is 75.8 Å². The number of rotatable bonds is 7. The average Bonchev–Trinajstić information content (AvgIpc) is 3.45. The molecule has 162 valence electrons. The number of ether oxygens (including phenoxy) is 3. The minimum atomic E-state index is -0.116. The first-order valence-corrected chi connectivity index (χ1v) is 11.0. The van der Waals surface area contributed by atoms with Gasteiger partial charge in [0.25, 0.3) is 5.56 Å². The molecule has 0 saturated carbocycles. The van der Waals surface area contributed by atoms with Crippen LogP contribution in [0.4, 0.5) is 0 Å². The number of nitrogens with zero attached hydrogens (tertiary/aromatic N) is 1. The molecule has 2 atom stereocenters. The molecule has 0 aliphatic carbocycles. The molecule has 2 saturated heterocycles. The molecule has 0 bridgehead atoms. The van der Waals surface area contributed by atoms with Crippen LogP contribution in [0.15, 0.2) is 29.1 Å². The fourth-order valence-electron chi connectivity index (χ4n) is 4.05. The second kappa shape index (κ2) is 9.76. The van der Waals surface area contributed by atoms with Gasteiger partial charge in [0.2, 0.25) is 0 Å². The van der Waals surface area contributed by atoms with Crippen molar-refractivity contribution in [1.29, 1.82) is 0 Å². The van der Waals surface area contributed by atoms with Crippen molar-refractivity contribution in [3.05, 3.63) is 40.2 Å². The molecular weight excluding hydrogens is 402 g/mol. The summed E-state index contributed by atoms with van der Waals surface area (Å²) in [6, 6.07) is 7.60. The van der Waals surface area contributed by atoms with Crippen molar-refractivity contribution in [3.63, 3.8) is 0 Å². The molecule has 7 nitrogen and oxygen atoms in total. The number of methoxy groups -OCH3 is 1. The van der Waals surface area contributed by atoms with Gasteiger partial charge in [0.1, 0.15) is 5.75 Å². The van der Waals surface area contributed by atoms with Crippen molar-refractivity contribution in [2.24, 2.45) is 0 Å². The number of hydrogen-bond donors (Lipinski definition) is 2. The Morgan fingerprint density at radius 3 is 2.70 bits per heavy atom. The zero-order chi connectivity index (χ0) is 20.9. The monoisotopic (exact) mass is 431 g/mol. The standard InChI is InChI=1S/C22H29N3O4S/c1-27-17-7-6-15-10-16(21(26)24-20(15)11-17)13-25(14-19-5-3-9-29-19)22(30)23-12-18-4-2-8-28-18/h6-7,10-11,18-19H,2-5,8-9,12-14H2,1H3,(H,23,30)(H,24,26). The number of thiocarbonyl (C=S) groups is 1. The maximum absolute atomic E-state index is 12.8. The van der Waals surface area contributed by atoms with Gasteiger partial charge in [-0.25, -0.2) is 0 Å². The second-order valence-corrected chi connectivity index (χ2v) is 8.30. The van der Waals surface area contributed by atoms with Crippen LogP contribution in [-0.4, -0.2) is 60.6 Å². The van der Waals surface area contributed by atoms with E-state index in [4.69, 9.17) is 26.4 Å². The predicted octanol–water partition coefficient (Wildman–Crippen LogP) is 2.57. The van der Waals surface area contributed by atoms with Gasteiger partial charge < -0.3 is 29.4 Å². The quantitative estimate of drug-likeness (QED) is 0.653. The van der Waals surface area contributed by atoms with Gasteiger partial charge in [-0.3, -0.25) is 4.79 Å². The number of fused-ring (bicyclic) bond motifs is 1. The molecule has 2 N–H and O–H groups in total. The third kappa shape index (κ3) is 5.11. The molecule has 1 aromatic heterocycles. The largest absolute Gasteiger partial charge is 0.497 e. The van der Waals surface area contributed by atoms with Gasteiger partial charge in [0.15, 0.2) is 5.11 Å².